The number of amides is 1. The number of halogens is 3. The molecule has 0 saturated heterocycles. The number of allylic oxidation sites excluding steroid dienone is 1. The second kappa shape index (κ2) is 10.5. The van der Waals surface area contributed by atoms with E-state index in [-0.39, 0.29) is 12.4 Å². The van der Waals surface area contributed by atoms with Gasteiger partial charge in [-0.1, -0.05) is 12.1 Å². The number of fused-ring (bicyclic) bond motifs is 1. The fourth-order valence-corrected chi connectivity index (χ4v) is 3.46. The largest absolute Gasteiger partial charge is 0.573 e. The van der Waals surface area contributed by atoms with Gasteiger partial charge in [-0.3, -0.25) is 4.79 Å². The summed E-state index contributed by atoms with van der Waals surface area (Å²) in [6.07, 6.45) is -3.09. The van der Waals surface area contributed by atoms with Gasteiger partial charge in [0.05, 0.1) is 16.6 Å². The standard InChI is InChI=1S/C27H21F3N4O3/c1-16-11-23-24(12-17(16)2)34-26(33-23)19(14-31)13-18-3-7-21(8-4-18)36-15-25(35)32-20-5-9-22(10-6-20)37-27(28,29)30/h3-13H,15H2,1-2H3,(H,32,35)(H,33,34). The maximum atomic E-state index is 12.2. The van der Waals surface area contributed by atoms with Crippen LogP contribution in [0.2, 0.25) is 0 Å². The highest BCUT2D eigenvalue weighted by atomic mass is 19.4. The van der Waals surface area contributed by atoms with Crippen molar-refractivity contribution in [3.05, 3.63) is 83.2 Å². The molecule has 2 N–H and O–H groups in total. The number of imidazole rings is 1. The molecule has 0 atom stereocenters. The normalized spacial score (nSPS) is 11.7. The van der Waals surface area contributed by atoms with E-state index in [2.05, 4.69) is 26.1 Å². The molecule has 1 amide bonds. The second-order valence-electron chi connectivity index (χ2n) is 8.19. The molecule has 4 aromatic rings. The highest BCUT2D eigenvalue weighted by Gasteiger charge is 2.31. The maximum absolute atomic E-state index is 12.2. The van der Waals surface area contributed by atoms with E-state index in [1.54, 1.807) is 30.3 Å². The zero-order valence-electron chi connectivity index (χ0n) is 19.8. The van der Waals surface area contributed by atoms with Gasteiger partial charge in [-0.2, -0.15) is 5.26 Å². The average molecular weight is 506 g/mol. The van der Waals surface area contributed by atoms with Crippen LogP contribution in [0.1, 0.15) is 22.5 Å². The van der Waals surface area contributed by atoms with Crippen LogP contribution >= 0.6 is 0 Å². The Labute approximate surface area is 210 Å². The van der Waals surface area contributed by atoms with Crippen LogP contribution in [0.25, 0.3) is 22.7 Å². The van der Waals surface area contributed by atoms with Crippen LogP contribution in [0.3, 0.4) is 0 Å². The van der Waals surface area contributed by atoms with E-state index in [0.29, 0.717) is 22.8 Å². The van der Waals surface area contributed by atoms with Crippen molar-refractivity contribution in [2.75, 3.05) is 11.9 Å². The summed E-state index contributed by atoms with van der Waals surface area (Å²) >= 11 is 0. The van der Waals surface area contributed by atoms with Crippen LogP contribution in [0, 0.1) is 25.2 Å². The SMILES string of the molecule is Cc1cc2nc(C(C#N)=Cc3ccc(OCC(=O)Nc4ccc(OC(F)(F)F)cc4)cc3)[nH]c2cc1C. The van der Waals surface area contributed by atoms with Crippen LogP contribution in [0.4, 0.5) is 18.9 Å². The molecule has 0 aliphatic carbocycles. The lowest BCUT2D eigenvalue weighted by Gasteiger charge is -2.10. The van der Waals surface area contributed by atoms with Crippen molar-refractivity contribution in [2.24, 2.45) is 0 Å². The first-order valence-corrected chi connectivity index (χ1v) is 11.1. The smallest absolute Gasteiger partial charge is 0.484 e. The number of aryl methyl sites for hydroxylation is 2. The van der Waals surface area contributed by atoms with Crippen molar-refractivity contribution in [3.63, 3.8) is 0 Å². The summed E-state index contributed by atoms with van der Waals surface area (Å²) in [6.45, 7) is 3.71. The van der Waals surface area contributed by atoms with Crippen LogP contribution in [-0.2, 0) is 4.79 Å². The minimum atomic E-state index is -4.79. The van der Waals surface area contributed by atoms with Gasteiger partial charge in [0.15, 0.2) is 6.61 Å². The third kappa shape index (κ3) is 6.67. The summed E-state index contributed by atoms with van der Waals surface area (Å²) in [6, 6.07) is 17.7. The Morgan fingerprint density at radius 3 is 2.35 bits per heavy atom. The minimum absolute atomic E-state index is 0.295. The number of carbonyl (C=O) groups is 1. The van der Waals surface area contributed by atoms with E-state index in [9.17, 15) is 23.2 Å². The van der Waals surface area contributed by atoms with Gasteiger partial charge in [-0.25, -0.2) is 4.98 Å². The Kier molecular flexibility index (Phi) is 7.15. The lowest BCUT2D eigenvalue weighted by Crippen LogP contribution is -2.20. The molecule has 3 aromatic carbocycles. The predicted molar refractivity (Wildman–Crippen MR) is 133 cm³/mol. The molecule has 0 aliphatic heterocycles. The fourth-order valence-electron chi connectivity index (χ4n) is 3.46. The zero-order valence-corrected chi connectivity index (χ0v) is 19.8. The van der Waals surface area contributed by atoms with Crippen LogP contribution in [0.15, 0.2) is 60.7 Å². The number of anilines is 1. The van der Waals surface area contributed by atoms with Crippen LogP contribution < -0.4 is 14.8 Å². The third-order valence-electron chi connectivity index (χ3n) is 5.41. The Hall–Kier alpha value is -4.78. The topological polar surface area (TPSA) is 100 Å². The number of alkyl halides is 3. The van der Waals surface area contributed by atoms with Crippen LogP contribution in [-0.4, -0.2) is 28.8 Å². The van der Waals surface area contributed by atoms with Gasteiger partial charge in [0.1, 0.15) is 23.4 Å². The molecule has 0 spiro atoms. The number of ether oxygens (including phenoxy) is 2. The van der Waals surface area contributed by atoms with Gasteiger partial charge in [-0.05, 0) is 85.1 Å². The van der Waals surface area contributed by atoms with Crippen molar-refractivity contribution in [1.82, 2.24) is 9.97 Å². The van der Waals surface area contributed by atoms with E-state index < -0.39 is 12.3 Å². The number of H-pyrrole nitrogens is 1. The van der Waals surface area contributed by atoms with Crippen LogP contribution in [0.5, 0.6) is 11.5 Å². The molecule has 0 unspecified atom stereocenters. The number of nitrogens with one attached hydrogen (secondary N) is 2. The van der Waals surface area contributed by atoms with E-state index in [0.717, 1.165) is 39.9 Å². The Morgan fingerprint density at radius 2 is 1.70 bits per heavy atom. The second-order valence-corrected chi connectivity index (χ2v) is 8.19. The number of aromatic nitrogens is 2. The summed E-state index contributed by atoms with van der Waals surface area (Å²) in [5, 5.41) is 12.2. The third-order valence-corrected chi connectivity index (χ3v) is 5.41. The zero-order chi connectivity index (χ0) is 26.6. The van der Waals surface area contributed by atoms with Gasteiger partial charge in [-0.15, -0.1) is 13.2 Å². The molecule has 188 valence electrons. The van der Waals surface area contributed by atoms with Gasteiger partial charge in [0, 0.05) is 5.69 Å². The first-order chi connectivity index (χ1) is 17.6. The van der Waals surface area contributed by atoms with E-state index >= 15 is 0 Å². The number of nitriles is 1. The first-order valence-electron chi connectivity index (χ1n) is 11.1. The molecular weight excluding hydrogens is 485 g/mol. The highest BCUT2D eigenvalue weighted by Crippen LogP contribution is 2.25. The van der Waals surface area contributed by atoms with E-state index in [1.165, 1.54) is 12.1 Å². The van der Waals surface area contributed by atoms with Gasteiger partial charge >= 0.3 is 6.36 Å². The molecule has 4 rings (SSSR count). The molecule has 0 bridgehead atoms. The number of aromatic amines is 1. The molecule has 0 fully saturated rings. The Balaban J connectivity index is 1.35. The maximum Gasteiger partial charge on any atom is 0.573 e. The first kappa shape index (κ1) is 25.3. The Bertz CT molecular complexity index is 1460. The number of rotatable bonds is 7. The molecular formula is C27H21F3N4O3. The van der Waals surface area contributed by atoms with Crippen molar-refractivity contribution in [3.8, 4) is 17.6 Å². The van der Waals surface area contributed by atoms with E-state index in [4.69, 9.17) is 4.74 Å². The summed E-state index contributed by atoms with van der Waals surface area (Å²) in [4.78, 5) is 19.8. The van der Waals surface area contributed by atoms with Gasteiger partial charge in [0.25, 0.3) is 5.91 Å². The molecule has 0 aliphatic rings. The van der Waals surface area contributed by atoms with Crippen molar-refractivity contribution in [2.45, 2.75) is 20.2 Å². The molecule has 0 saturated carbocycles. The quantitative estimate of drug-likeness (QED) is 0.293. The molecule has 7 nitrogen and oxygen atoms in total. The average Bonchev–Trinajstić information content (AvgIpc) is 3.25. The molecule has 0 radical (unpaired) electrons. The lowest BCUT2D eigenvalue weighted by molar-refractivity contribution is -0.274. The van der Waals surface area contributed by atoms with Crippen molar-refractivity contribution < 1.29 is 27.4 Å². The number of carbonyl (C=O) groups excluding carboxylic acids is 1. The number of hydrogen-bond acceptors (Lipinski definition) is 5. The van der Waals surface area contributed by atoms with Gasteiger partial charge < -0.3 is 19.8 Å². The monoisotopic (exact) mass is 506 g/mol. The predicted octanol–water partition coefficient (Wildman–Crippen LogP) is 6.16. The number of benzene rings is 3. The molecule has 1 aromatic heterocycles. The number of hydrogen-bond donors (Lipinski definition) is 2. The number of nitrogens with zero attached hydrogens (tertiary/aromatic N) is 2. The molecule has 1 heterocycles. The minimum Gasteiger partial charge on any atom is -0.484 e. The van der Waals surface area contributed by atoms with Crippen molar-refractivity contribution >= 4 is 34.3 Å². The summed E-state index contributed by atoms with van der Waals surface area (Å²) in [7, 11) is 0. The molecule has 10 heteroatoms. The summed E-state index contributed by atoms with van der Waals surface area (Å²) < 4.78 is 46.0. The Morgan fingerprint density at radius 1 is 1.05 bits per heavy atom. The lowest BCUT2D eigenvalue weighted by atomic mass is 10.1. The van der Waals surface area contributed by atoms with E-state index in [1.807, 2.05) is 26.0 Å². The van der Waals surface area contributed by atoms with Gasteiger partial charge in [0.2, 0.25) is 0 Å². The molecule has 37 heavy (non-hydrogen) atoms. The highest BCUT2D eigenvalue weighted by molar-refractivity contribution is 5.92. The van der Waals surface area contributed by atoms with Crippen molar-refractivity contribution in [1.29, 1.82) is 5.26 Å². The summed E-state index contributed by atoms with van der Waals surface area (Å²) in [5.41, 5.74) is 5.28. The fraction of sp³-hybridized carbons (Fsp3) is 0.148. The summed E-state index contributed by atoms with van der Waals surface area (Å²) in [5.74, 6) is 0.0171.